The van der Waals surface area contributed by atoms with Gasteiger partial charge in [-0.25, -0.2) is 4.79 Å². The Balaban J connectivity index is 2.01. The number of methoxy groups -OCH3 is 1. The van der Waals surface area contributed by atoms with E-state index in [-0.39, 0.29) is 11.5 Å². The van der Waals surface area contributed by atoms with E-state index in [2.05, 4.69) is 58.0 Å². The van der Waals surface area contributed by atoms with Crippen LogP contribution in [-0.2, 0) is 17.6 Å². The average Bonchev–Trinajstić information content (AvgIpc) is 2.83. The van der Waals surface area contributed by atoms with Crippen molar-refractivity contribution in [3.05, 3.63) is 53.1 Å². The molecule has 1 aliphatic carbocycles. The molecule has 0 aromatic heterocycles. The third kappa shape index (κ3) is 3.95. The summed E-state index contributed by atoms with van der Waals surface area (Å²) in [5.41, 5.74) is 10.8. The van der Waals surface area contributed by atoms with E-state index < -0.39 is 6.09 Å². The minimum Gasteiger partial charge on any atom is -0.496 e. The summed E-state index contributed by atoms with van der Waals surface area (Å²) in [5, 5.41) is 0. The number of primary amides is 1. The Labute approximate surface area is 161 Å². The topological polar surface area (TPSA) is 61.6 Å². The van der Waals surface area contributed by atoms with Crippen LogP contribution in [0.25, 0.3) is 11.1 Å². The van der Waals surface area contributed by atoms with Gasteiger partial charge in [-0.1, -0.05) is 52.0 Å². The molecule has 0 bridgehead atoms. The lowest BCUT2D eigenvalue weighted by Crippen LogP contribution is -2.25. The fraction of sp³-hybridized carbons (Fsp3) is 0.435. The van der Waals surface area contributed by atoms with Crippen molar-refractivity contribution >= 4 is 6.09 Å². The first-order valence-electron chi connectivity index (χ1n) is 9.47. The maximum atomic E-state index is 11.4. The number of carbonyl (C=O) groups is 1. The quantitative estimate of drug-likeness (QED) is 0.782. The second-order valence-electron chi connectivity index (χ2n) is 8.53. The summed E-state index contributed by atoms with van der Waals surface area (Å²) >= 11 is 0. The summed E-state index contributed by atoms with van der Waals surface area (Å²) in [6.45, 7) is 8.63. The van der Waals surface area contributed by atoms with Crippen molar-refractivity contribution in [1.82, 2.24) is 0 Å². The minimum absolute atomic E-state index is 0.206. The first kappa shape index (κ1) is 19.3. The Kier molecular flexibility index (Phi) is 5.18. The normalized spacial score (nSPS) is 17.6. The number of nitrogens with two attached hydrogens (primary N) is 1. The smallest absolute Gasteiger partial charge is 0.405 e. The van der Waals surface area contributed by atoms with Crippen LogP contribution in [0.4, 0.5) is 4.79 Å². The number of carbonyl (C=O) groups excluding carboxylic acids is 1. The molecule has 27 heavy (non-hydrogen) atoms. The van der Waals surface area contributed by atoms with Gasteiger partial charge in [0.15, 0.2) is 0 Å². The molecule has 0 saturated carbocycles. The molecule has 0 spiro atoms. The van der Waals surface area contributed by atoms with E-state index in [0.29, 0.717) is 5.92 Å². The van der Waals surface area contributed by atoms with Crippen LogP contribution in [0, 0.1) is 11.3 Å². The van der Waals surface area contributed by atoms with Crippen molar-refractivity contribution < 1.29 is 14.3 Å². The maximum absolute atomic E-state index is 11.4. The Morgan fingerprint density at radius 1 is 1.22 bits per heavy atom. The Morgan fingerprint density at radius 2 is 1.89 bits per heavy atom. The molecule has 1 aliphatic rings. The lowest BCUT2D eigenvalue weighted by atomic mass is 9.87. The van der Waals surface area contributed by atoms with Crippen molar-refractivity contribution in [1.29, 1.82) is 0 Å². The molecule has 2 N–H and O–H groups in total. The van der Waals surface area contributed by atoms with Crippen molar-refractivity contribution in [2.45, 2.75) is 46.6 Å². The van der Waals surface area contributed by atoms with Gasteiger partial charge in [-0.2, -0.15) is 0 Å². The lowest BCUT2D eigenvalue weighted by Gasteiger charge is -2.26. The van der Waals surface area contributed by atoms with Gasteiger partial charge in [0, 0.05) is 11.0 Å². The molecule has 4 heteroatoms. The average molecular weight is 367 g/mol. The second-order valence-corrected chi connectivity index (χ2v) is 8.53. The van der Waals surface area contributed by atoms with E-state index in [1.807, 2.05) is 6.07 Å². The number of amides is 1. The number of hydrogen-bond donors (Lipinski definition) is 1. The fourth-order valence-electron chi connectivity index (χ4n) is 4.07. The monoisotopic (exact) mass is 367 g/mol. The maximum Gasteiger partial charge on any atom is 0.405 e. The number of fused-ring (bicyclic) bond motifs is 1. The van der Waals surface area contributed by atoms with Gasteiger partial charge in [0.1, 0.15) is 11.9 Å². The predicted octanol–water partition coefficient (Wildman–Crippen LogP) is 5.28. The van der Waals surface area contributed by atoms with E-state index in [9.17, 15) is 4.79 Å². The van der Waals surface area contributed by atoms with Crippen molar-refractivity contribution in [2.75, 3.05) is 7.11 Å². The molecular weight excluding hydrogens is 338 g/mol. The molecular formula is C23H29NO3. The molecule has 0 fully saturated rings. The van der Waals surface area contributed by atoms with Gasteiger partial charge in [0.05, 0.1) is 7.11 Å². The van der Waals surface area contributed by atoms with Crippen molar-refractivity contribution in [2.24, 2.45) is 17.1 Å². The van der Waals surface area contributed by atoms with E-state index in [1.165, 1.54) is 11.1 Å². The largest absolute Gasteiger partial charge is 0.496 e. The molecule has 2 aromatic rings. The molecule has 0 aliphatic heterocycles. The van der Waals surface area contributed by atoms with Gasteiger partial charge in [-0.3, -0.25) is 0 Å². The van der Waals surface area contributed by atoms with E-state index in [4.69, 9.17) is 15.2 Å². The van der Waals surface area contributed by atoms with Gasteiger partial charge in [0.2, 0.25) is 0 Å². The van der Waals surface area contributed by atoms with Crippen molar-refractivity contribution in [3.63, 3.8) is 0 Å². The summed E-state index contributed by atoms with van der Waals surface area (Å²) < 4.78 is 11.1. The molecule has 3 rings (SSSR count). The Hall–Kier alpha value is -2.49. The molecule has 144 valence electrons. The van der Waals surface area contributed by atoms with Crippen LogP contribution in [0.5, 0.6) is 5.75 Å². The highest BCUT2D eigenvalue weighted by Gasteiger charge is 2.42. The van der Waals surface area contributed by atoms with Crippen LogP contribution < -0.4 is 10.5 Å². The highest BCUT2D eigenvalue weighted by molar-refractivity contribution is 5.73. The summed E-state index contributed by atoms with van der Waals surface area (Å²) in [7, 11) is 1.67. The zero-order chi connectivity index (χ0) is 19.8. The highest BCUT2D eigenvalue weighted by Crippen LogP contribution is 2.50. The van der Waals surface area contributed by atoms with Gasteiger partial charge >= 0.3 is 6.09 Å². The number of hydrogen-bond acceptors (Lipinski definition) is 3. The standard InChI is InChI=1S/C23H29NO3/c1-14(2)10-15-6-8-16(9-7-15)18-11-17-13-23(3,4)21(27-22(24)25)19(17)12-20(18)26-5/h6-9,11-12,14,21H,10,13H2,1-5H3,(H2,24,25). The van der Waals surface area contributed by atoms with Gasteiger partial charge < -0.3 is 15.2 Å². The molecule has 2 aromatic carbocycles. The molecule has 4 nitrogen and oxygen atoms in total. The third-order valence-corrected chi connectivity index (χ3v) is 5.24. The minimum atomic E-state index is -0.746. The second kappa shape index (κ2) is 7.26. The highest BCUT2D eigenvalue weighted by atomic mass is 16.6. The van der Waals surface area contributed by atoms with Crippen LogP contribution in [0.2, 0.25) is 0 Å². The van der Waals surface area contributed by atoms with Crippen LogP contribution in [-0.4, -0.2) is 13.2 Å². The molecule has 1 unspecified atom stereocenters. The third-order valence-electron chi connectivity index (χ3n) is 5.24. The molecule has 1 atom stereocenters. The Bertz CT molecular complexity index is 837. The summed E-state index contributed by atoms with van der Waals surface area (Å²) in [6.07, 6.45) is 0.788. The molecule has 0 heterocycles. The predicted molar refractivity (Wildman–Crippen MR) is 108 cm³/mol. The molecule has 0 saturated heterocycles. The van der Waals surface area contributed by atoms with Crippen LogP contribution in [0.15, 0.2) is 36.4 Å². The first-order chi connectivity index (χ1) is 12.7. The summed E-state index contributed by atoms with van der Waals surface area (Å²) in [6, 6.07) is 12.8. The van der Waals surface area contributed by atoms with Gasteiger partial charge in [0.25, 0.3) is 0 Å². The number of benzene rings is 2. The first-order valence-corrected chi connectivity index (χ1v) is 9.47. The van der Waals surface area contributed by atoms with Crippen LogP contribution in [0.3, 0.4) is 0 Å². The number of rotatable bonds is 5. The van der Waals surface area contributed by atoms with Gasteiger partial charge in [-0.15, -0.1) is 0 Å². The van der Waals surface area contributed by atoms with Crippen molar-refractivity contribution in [3.8, 4) is 16.9 Å². The molecule has 1 amide bonds. The fourth-order valence-corrected chi connectivity index (χ4v) is 4.07. The Morgan fingerprint density at radius 3 is 2.44 bits per heavy atom. The van der Waals surface area contributed by atoms with Crippen LogP contribution >= 0.6 is 0 Å². The zero-order valence-corrected chi connectivity index (χ0v) is 16.8. The van der Waals surface area contributed by atoms with E-state index in [0.717, 1.165) is 35.3 Å². The summed E-state index contributed by atoms with van der Waals surface area (Å²) in [5.74, 6) is 1.41. The van der Waals surface area contributed by atoms with E-state index in [1.54, 1.807) is 7.11 Å². The zero-order valence-electron chi connectivity index (χ0n) is 16.8. The summed E-state index contributed by atoms with van der Waals surface area (Å²) in [4.78, 5) is 11.4. The number of ether oxygens (including phenoxy) is 2. The van der Waals surface area contributed by atoms with Crippen LogP contribution in [0.1, 0.15) is 50.5 Å². The SMILES string of the molecule is COc1cc2c(cc1-c1ccc(CC(C)C)cc1)CC(C)(C)C2OC(N)=O. The van der Waals surface area contributed by atoms with E-state index >= 15 is 0 Å². The lowest BCUT2D eigenvalue weighted by molar-refractivity contribution is 0.0391. The van der Waals surface area contributed by atoms with Gasteiger partial charge in [-0.05, 0) is 53.1 Å². The molecule has 0 radical (unpaired) electrons.